The summed E-state index contributed by atoms with van der Waals surface area (Å²) in [7, 11) is 0. The van der Waals surface area contributed by atoms with Crippen molar-refractivity contribution in [3.05, 3.63) is 0 Å². The molecular weight excluding hydrogens is 208 g/mol. The number of ether oxygens (including phenoxy) is 1. The van der Waals surface area contributed by atoms with E-state index >= 15 is 0 Å². The number of amides is 1. The fraction of sp³-hybridized carbons (Fsp3) is 0.900. The van der Waals surface area contributed by atoms with Crippen LogP contribution in [-0.2, 0) is 9.53 Å². The molecule has 0 aliphatic heterocycles. The first-order valence-electron chi connectivity index (χ1n) is 5.75. The molecule has 0 saturated carbocycles. The van der Waals surface area contributed by atoms with E-state index in [4.69, 9.17) is 10.5 Å². The largest absolute Gasteiger partial charge is 0.368 e. The zero-order valence-corrected chi connectivity index (χ0v) is 10.1. The van der Waals surface area contributed by atoms with E-state index in [9.17, 15) is 4.79 Å². The highest BCUT2D eigenvalue weighted by molar-refractivity contribution is 5.74. The molecule has 0 saturated heterocycles. The molecule has 6 nitrogen and oxygen atoms in total. The number of nitrogens with two attached hydrogens (primary N) is 1. The maximum absolute atomic E-state index is 10.3. The van der Waals surface area contributed by atoms with Gasteiger partial charge in [0.1, 0.15) is 6.61 Å². The molecule has 0 bridgehead atoms. The van der Waals surface area contributed by atoms with Gasteiger partial charge in [0, 0.05) is 13.1 Å². The van der Waals surface area contributed by atoms with E-state index in [0.717, 1.165) is 39.1 Å². The Kier molecular flexibility index (Phi) is 11.8. The van der Waals surface area contributed by atoms with Gasteiger partial charge in [0.2, 0.25) is 5.91 Å². The van der Waals surface area contributed by atoms with E-state index in [1.54, 1.807) is 0 Å². The fourth-order valence-corrected chi connectivity index (χ4v) is 1.11. The molecule has 0 aliphatic carbocycles. The van der Waals surface area contributed by atoms with Crippen LogP contribution in [0.2, 0.25) is 0 Å². The van der Waals surface area contributed by atoms with Crippen molar-refractivity contribution in [1.29, 1.82) is 0 Å². The number of nitrogens with one attached hydrogen (secondary N) is 3. The second-order valence-corrected chi connectivity index (χ2v) is 3.42. The smallest absolute Gasteiger partial charge is 0.243 e. The van der Waals surface area contributed by atoms with E-state index in [0.29, 0.717) is 6.73 Å². The van der Waals surface area contributed by atoms with Gasteiger partial charge < -0.3 is 21.1 Å². The normalized spacial score (nSPS) is 10.6. The highest BCUT2D eigenvalue weighted by atomic mass is 16.5. The second-order valence-electron chi connectivity index (χ2n) is 3.42. The first-order valence-corrected chi connectivity index (χ1v) is 5.75. The number of hydrogen-bond donors (Lipinski definition) is 4. The van der Waals surface area contributed by atoms with Crippen LogP contribution in [-0.4, -0.2) is 52.0 Å². The Bertz CT molecular complexity index is 167. The second kappa shape index (κ2) is 12.4. The molecule has 0 unspecified atom stereocenters. The zero-order valence-electron chi connectivity index (χ0n) is 10.1. The van der Waals surface area contributed by atoms with Crippen LogP contribution in [0.25, 0.3) is 0 Å². The summed E-state index contributed by atoms with van der Waals surface area (Å²) < 4.78 is 4.94. The number of carbonyl (C=O) groups is 1. The summed E-state index contributed by atoms with van der Waals surface area (Å²) in [5.74, 6) is -0.438. The monoisotopic (exact) mass is 232 g/mol. The quantitative estimate of drug-likeness (QED) is 0.246. The van der Waals surface area contributed by atoms with Crippen molar-refractivity contribution >= 4 is 5.91 Å². The predicted molar refractivity (Wildman–Crippen MR) is 64.0 cm³/mol. The highest BCUT2D eigenvalue weighted by Gasteiger charge is 1.92. The maximum atomic E-state index is 10.3. The minimum atomic E-state index is -0.438. The van der Waals surface area contributed by atoms with E-state index in [-0.39, 0.29) is 6.61 Å². The van der Waals surface area contributed by atoms with E-state index in [1.165, 1.54) is 0 Å². The highest BCUT2D eigenvalue weighted by Crippen LogP contribution is 1.74. The Morgan fingerprint density at radius 2 is 1.81 bits per heavy atom. The van der Waals surface area contributed by atoms with Gasteiger partial charge in [-0.3, -0.25) is 10.1 Å². The molecule has 0 aromatic rings. The fourth-order valence-electron chi connectivity index (χ4n) is 1.11. The third-order valence-electron chi connectivity index (χ3n) is 1.88. The van der Waals surface area contributed by atoms with Crippen LogP contribution in [0.15, 0.2) is 0 Å². The third kappa shape index (κ3) is 13.3. The van der Waals surface area contributed by atoms with E-state index in [1.807, 2.05) is 0 Å². The standard InChI is InChI=1S/C10H24N4O2/c1-2-12-6-7-13-4-3-5-14-9-16-8-10(11)15/h12-14H,2-9H2,1H3,(H2,11,15). The minimum Gasteiger partial charge on any atom is -0.368 e. The lowest BCUT2D eigenvalue weighted by molar-refractivity contribution is -0.122. The number of hydrogen-bond acceptors (Lipinski definition) is 5. The summed E-state index contributed by atoms with van der Waals surface area (Å²) >= 11 is 0. The van der Waals surface area contributed by atoms with Gasteiger partial charge in [-0.05, 0) is 26.1 Å². The molecule has 0 atom stereocenters. The van der Waals surface area contributed by atoms with Crippen molar-refractivity contribution in [2.24, 2.45) is 5.73 Å². The lowest BCUT2D eigenvalue weighted by Crippen LogP contribution is -2.30. The van der Waals surface area contributed by atoms with Gasteiger partial charge in [0.25, 0.3) is 0 Å². The van der Waals surface area contributed by atoms with Gasteiger partial charge in [-0.15, -0.1) is 0 Å². The molecule has 0 aromatic heterocycles. The van der Waals surface area contributed by atoms with Gasteiger partial charge in [0.05, 0.1) is 6.73 Å². The molecule has 6 heteroatoms. The van der Waals surface area contributed by atoms with Gasteiger partial charge in [-0.1, -0.05) is 6.92 Å². The summed E-state index contributed by atoms with van der Waals surface area (Å²) in [4.78, 5) is 10.3. The molecule has 5 N–H and O–H groups in total. The minimum absolute atomic E-state index is 0.0199. The molecule has 0 radical (unpaired) electrons. The maximum Gasteiger partial charge on any atom is 0.243 e. The topological polar surface area (TPSA) is 88.4 Å². The number of likely N-dealkylation sites (N-methyl/N-ethyl adjacent to an activating group) is 1. The van der Waals surface area contributed by atoms with Crippen molar-refractivity contribution in [3.63, 3.8) is 0 Å². The number of primary amides is 1. The van der Waals surface area contributed by atoms with Crippen LogP contribution in [0.3, 0.4) is 0 Å². The SMILES string of the molecule is CCNCCNCCCNCOCC(N)=O. The first kappa shape index (κ1) is 15.3. The van der Waals surface area contributed by atoms with Crippen molar-refractivity contribution in [2.75, 3.05) is 46.1 Å². The average Bonchev–Trinajstić information content (AvgIpc) is 2.25. The molecule has 0 rings (SSSR count). The van der Waals surface area contributed by atoms with E-state index in [2.05, 4.69) is 22.9 Å². The summed E-state index contributed by atoms with van der Waals surface area (Å²) in [5.41, 5.74) is 4.91. The van der Waals surface area contributed by atoms with Gasteiger partial charge in [0.15, 0.2) is 0 Å². The van der Waals surface area contributed by atoms with Gasteiger partial charge >= 0.3 is 0 Å². The molecule has 0 aromatic carbocycles. The Morgan fingerprint density at radius 3 is 2.50 bits per heavy atom. The molecule has 0 heterocycles. The van der Waals surface area contributed by atoms with Crippen LogP contribution < -0.4 is 21.7 Å². The molecular formula is C10H24N4O2. The molecule has 0 spiro atoms. The Balaban J connectivity index is 2.90. The van der Waals surface area contributed by atoms with Crippen molar-refractivity contribution in [3.8, 4) is 0 Å². The molecule has 1 amide bonds. The number of rotatable bonds is 12. The lowest BCUT2D eigenvalue weighted by Gasteiger charge is -2.06. The Morgan fingerprint density at radius 1 is 1.12 bits per heavy atom. The summed E-state index contributed by atoms with van der Waals surface area (Å²) in [6.07, 6.45) is 1.03. The van der Waals surface area contributed by atoms with Crippen molar-refractivity contribution in [2.45, 2.75) is 13.3 Å². The van der Waals surface area contributed by atoms with Crippen LogP contribution in [0.5, 0.6) is 0 Å². The first-order chi connectivity index (χ1) is 7.77. The van der Waals surface area contributed by atoms with Crippen molar-refractivity contribution in [1.82, 2.24) is 16.0 Å². The van der Waals surface area contributed by atoms with Gasteiger partial charge in [-0.2, -0.15) is 0 Å². The predicted octanol–water partition coefficient (Wildman–Crippen LogP) is -1.38. The molecule has 96 valence electrons. The van der Waals surface area contributed by atoms with E-state index < -0.39 is 5.91 Å². The average molecular weight is 232 g/mol. The Labute approximate surface area is 97.3 Å². The third-order valence-corrected chi connectivity index (χ3v) is 1.88. The molecule has 0 fully saturated rings. The zero-order chi connectivity index (χ0) is 12.1. The summed E-state index contributed by atoms with van der Waals surface area (Å²) in [6.45, 7) is 7.31. The lowest BCUT2D eigenvalue weighted by atomic mass is 10.4. The van der Waals surface area contributed by atoms with Crippen LogP contribution in [0.4, 0.5) is 0 Å². The van der Waals surface area contributed by atoms with Gasteiger partial charge in [-0.25, -0.2) is 0 Å². The molecule has 0 aliphatic rings. The van der Waals surface area contributed by atoms with Crippen LogP contribution in [0.1, 0.15) is 13.3 Å². The Hall–Kier alpha value is -0.690. The van der Waals surface area contributed by atoms with Crippen LogP contribution in [0, 0.1) is 0 Å². The number of carbonyl (C=O) groups excluding carboxylic acids is 1. The molecule has 16 heavy (non-hydrogen) atoms. The summed E-state index contributed by atoms with van der Waals surface area (Å²) in [6, 6.07) is 0. The summed E-state index contributed by atoms with van der Waals surface area (Å²) in [5, 5.41) is 9.60. The van der Waals surface area contributed by atoms with Crippen LogP contribution >= 0.6 is 0 Å². The van der Waals surface area contributed by atoms with Crippen molar-refractivity contribution < 1.29 is 9.53 Å².